The number of nitrogens with one attached hydrogen (secondary N) is 1. The number of hydrogen-bond donors (Lipinski definition) is 3. The van der Waals surface area contributed by atoms with Crippen molar-refractivity contribution in [1.82, 2.24) is 5.32 Å². The molecule has 0 aliphatic carbocycles. The molecule has 0 rings (SSSR count). The highest BCUT2D eigenvalue weighted by Gasteiger charge is 2.20. The second-order valence-corrected chi connectivity index (χ2v) is 21.7. The zero-order chi connectivity index (χ0) is 50.7. The summed E-state index contributed by atoms with van der Waals surface area (Å²) < 4.78 is 5.49. The van der Waals surface area contributed by atoms with Gasteiger partial charge >= 0.3 is 5.97 Å². The van der Waals surface area contributed by atoms with Crippen LogP contribution in [0.2, 0.25) is 0 Å². The first-order valence-electron chi connectivity index (χ1n) is 31.6. The predicted octanol–water partition coefficient (Wildman–Crippen LogP) is 19.8. The molecule has 70 heavy (non-hydrogen) atoms. The summed E-state index contributed by atoms with van der Waals surface area (Å²) in [6.07, 6.45) is 73.2. The zero-order valence-electron chi connectivity index (χ0n) is 47.3. The van der Waals surface area contributed by atoms with Crippen molar-refractivity contribution in [2.75, 3.05) is 13.2 Å². The number of esters is 1. The molecular weight excluding hydrogens is 863 g/mol. The average molecular weight is 987 g/mol. The van der Waals surface area contributed by atoms with Crippen molar-refractivity contribution in [3.63, 3.8) is 0 Å². The molecule has 6 heteroatoms. The molecule has 414 valence electrons. The number of aliphatic hydroxyl groups excluding tert-OH is 2. The molecule has 0 aliphatic heterocycles. The molecule has 0 aromatic carbocycles. The van der Waals surface area contributed by atoms with E-state index in [1.165, 1.54) is 250 Å². The van der Waals surface area contributed by atoms with E-state index < -0.39 is 12.1 Å². The van der Waals surface area contributed by atoms with Crippen molar-refractivity contribution < 1.29 is 24.5 Å². The monoisotopic (exact) mass is 986 g/mol. The van der Waals surface area contributed by atoms with Crippen LogP contribution in [-0.4, -0.2) is 47.4 Å². The molecule has 0 heterocycles. The summed E-state index contributed by atoms with van der Waals surface area (Å²) in [7, 11) is 0. The fourth-order valence-corrected chi connectivity index (χ4v) is 9.87. The van der Waals surface area contributed by atoms with E-state index in [0.717, 1.165) is 64.2 Å². The summed E-state index contributed by atoms with van der Waals surface area (Å²) in [6, 6.07) is -0.554. The van der Waals surface area contributed by atoms with Gasteiger partial charge in [-0.1, -0.05) is 282 Å². The lowest BCUT2D eigenvalue weighted by molar-refractivity contribution is -0.143. The molecule has 2 unspecified atom stereocenters. The van der Waals surface area contributed by atoms with Crippen LogP contribution in [0.3, 0.4) is 0 Å². The van der Waals surface area contributed by atoms with Crippen LogP contribution in [0, 0.1) is 0 Å². The standard InChI is InChI=1S/C64H123NO5/c1-3-5-7-9-11-13-15-17-19-21-23-24-28-32-36-40-44-48-52-56-62(67)61(60-66)65-63(68)57-53-49-45-41-37-33-29-26-27-31-35-39-43-47-51-55-59-70-64(69)58-54-50-46-42-38-34-30-25-22-20-18-16-14-12-10-8-6-4-2/h20,22,26,29,61-62,66-67H,3-19,21,23-25,27-28,30-60H2,1-2H3,(H,65,68)/b22-20-,29-26-. The van der Waals surface area contributed by atoms with E-state index in [-0.39, 0.29) is 18.5 Å². The maximum Gasteiger partial charge on any atom is 0.305 e. The molecule has 0 fully saturated rings. The summed E-state index contributed by atoms with van der Waals surface area (Å²) in [5.41, 5.74) is 0. The van der Waals surface area contributed by atoms with E-state index in [0.29, 0.717) is 25.9 Å². The summed E-state index contributed by atoms with van der Waals surface area (Å²) in [5, 5.41) is 23.3. The number of hydrogen-bond acceptors (Lipinski definition) is 5. The van der Waals surface area contributed by atoms with Crippen molar-refractivity contribution in [3.05, 3.63) is 24.3 Å². The first-order valence-corrected chi connectivity index (χ1v) is 31.6. The van der Waals surface area contributed by atoms with Crippen LogP contribution in [0.4, 0.5) is 0 Å². The SMILES string of the molecule is CCCCCCCCC/C=C\CCCCCCCCCC(=O)OCCCCCCCCC/C=C\CCCCCCCC(=O)NC(CO)C(O)CCCCCCCCCCCCCCCCCCCCC. The van der Waals surface area contributed by atoms with Crippen molar-refractivity contribution in [1.29, 1.82) is 0 Å². The van der Waals surface area contributed by atoms with E-state index >= 15 is 0 Å². The van der Waals surface area contributed by atoms with Gasteiger partial charge in [-0.15, -0.1) is 0 Å². The smallest absolute Gasteiger partial charge is 0.305 e. The van der Waals surface area contributed by atoms with Gasteiger partial charge in [0, 0.05) is 12.8 Å². The Bertz CT molecular complexity index is 1090. The molecule has 6 nitrogen and oxygen atoms in total. The van der Waals surface area contributed by atoms with Gasteiger partial charge in [0.2, 0.25) is 5.91 Å². The van der Waals surface area contributed by atoms with Gasteiger partial charge in [0.05, 0.1) is 25.4 Å². The second-order valence-electron chi connectivity index (χ2n) is 21.7. The van der Waals surface area contributed by atoms with Crippen LogP contribution in [0.25, 0.3) is 0 Å². The summed E-state index contributed by atoms with van der Waals surface area (Å²) in [6.45, 7) is 4.95. The Labute approximate surface area is 437 Å². The van der Waals surface area contributed by atoms with Crippen LogP contribution >= 0.6 is 0 Å². The lowest BCUT2D eigenvalue weighted by Crippen LogP contribution is -2.45. The number of ether oxygens (including phenoxy) is 1. The minimum Gasteiger partial charge on any atom is -0.466 e. The first-order chi connectivity index (χ1) is 34.5. The normalized spacial score (nSPS) is 12.7. The van der Waals surface area contributed by atoms with Gasteiger partial charge in [0.15, 0.2) is 0 Å². The van der Waals surface area contributed by atoms with E-state index in [9.17, 15) is 19.8 Å². The highest BCUT2D eigenvalue weighted by Crippen LogP contribution is 2.18. The number of aliphatic hydroxyl groups is 2. The maximum absolute atomic E-state index is 12.5. The Hall–Kier alpha value is -1.66. The third kappa shape index (κ3) is 55.7. The molecule has 0 radical (unpaired) electrons. The largest absolute Gasteiger partial charge is 0.466 e. The van der Waals surface area contributed by atoms with E-state index in [4.69, 9.17) is 4.74 Å². The number of rotatable bonds is 59. The number of unbranched alkanes of at least 4 members (excludes halogenated alkanes) is 44. The van der Waals surface area contributed by atoms with E-state index in [1.54, 1.807) is 0 Å². The van der Waals surface area contributed by atoms with Gasteiger partial charge in [-0.05, 0) is 77.0 Å². The summed E-state index contributed by atoms with van der Waals surface area (Å²) in [4.78, 5) is 24.6. The van der Waals surface area contributed by atoms with E-state index in [1.807, 2.05) is 0 Å². The third-order valence-corrected chi connectivity index (χ3v) is 14.7. The number of carbonyl (C=O) groups excluding carboxylic acids is 2. The number of carbonyl (C=O) groups is 2. The molecule has 2 atom stereocenters. The Balaban J connectivity index is 3.45. The molecule has 1 amide bonds. The zero-order valence-corrected chi connectivity index (χ0v) is 47.3. The third-order valence-electron chi connectivity index (χ3n) is 14.7. The van der Waals surface area contributed by atoms with E-state index in [2.05, 4.69) is 43.5 Å². The molecule has 0 spiro atoms. The molecule has 0 aromatic heterocycles. The molecule has 0 bridgehead atoms. The summed E-state index contributed by atoms with van der Waals surface area (Å²) in [5.74, 6) is -0.0542. The fourth-order valence-electron chi connectivity index (χ4n) is 9.87. The van der Waals surface area contributed by atoms with Crippen LogP contribution < -0.4 is 5.32 Å². The number of amides is 1. The van der Waals surface area contributed by atoms with Crippen LogP contribution in [0.1, 0.15) is 348 Å². The second kappa shape index (κ2) is 59.9. The topological polar surface area (TPSA) is 95.9 Å². The van der Waals surface area contributed by atoms with Gasteiger partial charge in [-0.25, -0.2) is 0 Å². The van der Waals surface area contributed by atoms with Gasteiger partial charge in [-0.3, -0.25) is 9.59 Å². The van der Waals surface area contributed by atoms with Gasteiger partial charge in [0.1, 0.15) is 0 Å². The number of allylic oxidation sites excluding steroid dienone is 4. The molecule has 0 aromatic rings. The van der Waals surface area contributed by atoms with Crippen LogP contribution in [0.5, 0.6) is 0 Å². The lowest BCUT2D eigenvalue weighted by Gasteiger charge is -2.22. The van der Waals surface area contributed by atoms with Crippen molar-refractivity contribution in [3.8, 4) is 0 Å². The predicted molar refractivity (Wildman–Crippen MR) is 306 cm³/mol. The molecule has 0 aliphatic rings. The molecular formula is C64H123NO5. The van der Waals surface area contributed by atoms with Crippen molar-refractivity contribution in [2.45, 2.75) is 360 Å². The minimum absolute atomic E-state index is 0.00495. The highest BCUT2D eigenvalue weighted by molar-refractivity contribution is 5.76. The van der Waals surface area contributed by atoms with Gasteiger partial charge in [-0.2, -0.15) is 0 Å². The van der Waals surface area contributed by atoms with Crippen LogP contribution in [0.15, 0.2) is 24.3 Å². The fraction of sp³-hybridized carbons (Fsp3) is 0.906. The Morgan fingerprint density at radius 2 is 0.671 bits per heavy atom. The quantitative estimate of drug-likeness (QED) is 0.0321. The highest BCUT2D eigenvalue weighted by atomic mass is 16.5. The lowest BCUT2D eigenvalue weighted by atomic mass is 10.0. The maximum atomic E-state index is 12.5. The van der Waals surface area contributed by atoms with Crippen molar-refractivity contribution in [2.24, 2.45) is 0 Å². The Kier molecular flexibility index (Phi) is 58.5. The first kappa shape index (κ1) is 68.3. The van der Waals surface area contributed by atoms with Crippen LogP contribution in [-0.2, 0) is 14.3 Å². The molecule has 3 N–H and O–H groups in total. The Morgan fingerprint density at radius 3 is 1.01 bits per heavy atom. The Morgan fingerprint density at radius 1 is 0.386 bits per heavy atom. The molecule has 0 saturated carbocycles. The summed E-state index contributed by atoms with van der Waals surface area (Å²) >= 11 is 0. The molecule has 0 saturated heterocycles. The average Bonchev–Trinajstić information content (AvgIpc) is 3.36. The van der Waals surface area contributed by atoms with Gasteiger partial charge < -0.3 is 20.3 Å². The minimum atomic E-state index is -0.676. The van der Waals surface area contributed by atoms with Crippen molar-refractivity contribution >= 4 is 11.9 Å². The van der Waals surface area contributed by atoms with Gasteiger partial charge in [0.25, 0.3) is 0 Å².